The van der Waals surface area contributed by atoms with Crippen LogP contribution < -0.4 is 4.90 Å². The average Bonchev–Trinajstić information content (AvgIpc) is 2.39. The van der Waals surface area contributed by atoms with Crippen LogP contribution in [0.1, 0.15) is 25.3 Å². The molecule has 0 spiro atoms. The molecule has 0 aliphatic carbocycles. The van der Waals surface area contributed by atoms with Gasteiger partial charge in [0, 0.05) is 25.2 Å². The number of anilines is 1. The summed E-state index contributed by atoms with van der Waals surface area (Å²) in [5, 5.41) is 8.85. The predicted octanol–water partition coefficient (Wildman–Crippen LogP) is 1.76. The number of hydrogen-bond donors (Lipinski definition) is 0. The fourth-order valence-corrected chi connectivity index (χ4v) is 2.18. The van der Waals surface area contributed by atoms with E-state index < -0.39 is 0 Å². The van der Waals surface area contributed by atoms with Crippen LogP contribution in [0.3, 0.4) is 0 Å². The molecule has 0 amide bonds. The molecule has 1 atom stereocenters. The molecule has 4 heteroatoms. The van der Waals surface area contributed by atoms with Crippen molar-refractivity contribution in [3.05, 3.63) is 23.9 Å². The lowest BCUT2D eigenvalue weighted by Gasteiger charge is -2.32. The van der Waals surface area contributed by atoms with Crippen molar-refractivity contribution in [3.8, 4) is 6.07 Å². The molecule has 2 heterocycles. The van der Waals surface area contributed by atoms with Gasteiger partial charge in [0.15, 0.2) is 0 Å². The number of nitriles is 1. The van der Waals surface area contributed by atoms with E-state index in [1.807, 2.05) is 0 Å². The first kappa shape index (κ1) is 11.6. The van der Waals surface area contributed by atoms with Gasteiger partial charge < -0.3 is 4.90 Å². The Morgan fingerprint density at radius 1 is 1.65 bits per heavy atom. The van der Waals surface area contributed by atoms with Crippen LogP contribution in [0.5, 0.6) is 0 Å². The van der Waals surface area contributed by atoms with Crippen molar-refractivity contribution in [2.45, 2.75) is 19.8 Å². The highest BCUT2D eigenvalue weighted by atomic mass is 16.1. The number of rotatable bonds is 2. The maximum absolute atomic E-state index is 11.4. The van der Waals surface area contributed by atoms with Crippen molar-refractivity contribution in [2.75, 3.05) is 18.0 Å². The van der Waals surface area contributed by atoms with Gasteiger partial charge in [-0.3, -0.25) is 4.79 Å². The highest BCUT2D eigenvalue weighted by Gasteiger charge is 2.23. The van der Waals surface area contributed by atoms with Gasteiger partial charge in [-0.2, -0.15) is 5.26 Å². The maximum Gasteiger partial charge on any atom is 0.134 e. The highest BCUT2D eigenvalue weighted by Crippen LogP contribution is 2.22. The van der Waals surface area contributed by atoms with Crippen molar-refractivity contribution in [3.63, 3.8) is 0 Å². The quantitative estimate of drug-likeness (QED) is 0.775. The lowest BCUT2D eigenvalue weighted by Crippen LogP contribution is -2.38. The van der Waals surface area contributed by atoms with Crippen LogP contribution in [-0.4, -0.2) is 23.9 Å². The van der Waals surface area contributed by atoms with Crippen molar-refractivity contribution >= 4 is 11.6 Å². The molecule has 17 heavy (non-hydrogen) atoms. The Bertz CT molecular complexity index is 464. The van der Waals surface area contributed by atoms with E-state index in [9.17, 15) is 4.79 Å². The normalized spacial score (nSPS) is 19.8. The third-order valence-electron chi connectivity index (χ3n) is 3.19. The van der Waals surface area contributed by atoms with Gasteiger partial charge in [0.05, 0.1) is 11.6 Å². The zero-order valence-corrected chi connectivity index (χ0v) is 9.89. The van der Waals surface area contributed by atoms with Crippen LogP contribution in [0.25, 0.3) is 0 Å². The minimum absolute atomic E-state index is 0.108. The van der Waals surface area contributed by atoms with Gasteiger partial charge in [0.2, 0.25) is 0 Å². The molecule has 0 aromatic carbocycles. The smallest absolute Gasteiger partial charge is 0.134 e. The lowest BCUT2D eigenvalue weighted by atomic mass is 9.94. The van der Waals surface area contributed by atoms with Crippen LogP contribution in [0.4, 0.5) is 5.82 Å². The Hall–Kier alpha value is -1.89. The molecule has 1 aromatic rings. The number of carbonyl (C=O) groups is 1. The van der Waals surface area contributed by atoms with Crippen LogP contribution in [0.15, 0.2) is 18.3 Å². The Labute approximate surface area is 101 Å². The first-order valence-corrected chi connectivity index (χ1v) is 5.82. The first-order chi connectivity index (χ1) is 8.20. The molecule has 1 aliphatic rings. The van der Waals surface area contributed by atoms with Gasteiger partial charge in [-0.25, -0.2) is 4.98 Å². The summed E-state index contributed by atoms with van der Waals surface area (Å²) in [6.45, 7) is 3.27. The van der Waals surface area contributed by atoms with E-state index >= 15 is 0 Å². The summed E-state index contributed by atoms with van der Waals surface area (Å²) in [5.41, 5.74) is 0.611. The molecular weight excluding hydrogens is 214 g/mol. The number of ketones is 1. The van der Waals surface area contributed by atoms with E-state index in [1.165, 1.54) is 0 Å². The number of nitrogens with zero attached hydrogens (tertiary/aromatic N) is 3. The Kier molecular flexibility index (Phi) is 3.38. The maximum atomic E-state index is 11.4. The van der Waals surface area contributed by atoms with Gasteiger partial charge in [-0.05, 0) is 31.9 Å². The second-order valence-corrected chi connectivity index (χ2v) is 4.41. The monoisotopic (exact) mass is 229 g/mol. The van der Waals surface area contributed by atoms with E-state index in [0.717, 1.165) is 31.7 Å². The van der Waals surface area contributed by atoms with Gasteiger partial charge in [-0.1, -0.05) is 0 Å². The number of hydrogen-bond acceptors (Lipinski definition) is 4. The molecule has 1 aliphatic heterocycles. The standard InChI is InChI=1S/C13H15N3O/c1-10(17)12-3-2-6-16(9-12)13-7-11(8-14)4-5-15-13/h4-5,7,12H,2-3,6,9H2,1H3. The molecule has 1 fully saturated rings. The summed E-state index contributed by atoms with van der Waals surface area (Å²) >= 11 is 0. The Morgan fingerprint density at radius 3 is 3.18 bits per heavy atom. The largest absolute Gasteiger partial charge is 0.356 e. The van der Waals surface area contributed by atoms with Crippen molar-refractivity contribution < 1.29 is 4.79 Å². The van der Waals surface area contributed by atoms with Gasteiger partial charge >= 0.3 is 0 Å². The van der Waals surface area contributed by atoms with E-state index in [1.54, 1.807) is 25.3 Å². The van der Waals surface area contributed by atoms with Crippen LogP contribution in [-0.2, 0) is 4.79 Å². The van der Waals surface area contributed by atoms with Gasteiger partial charge in [0.25, 0.3) is 0 Å². The number of carbonyl (C=O) groups excluding carboxylic acids is 1. The van der Waals surface area contributed by atoms with Crippen LogP contribution in [0, 0.1) is 17.2 Å². The Balaban J connectivity index is 2.16. The number of Topliss-reactive ketones (excluding diaryl/α,β-unsaturated/α-hetero) is 1. The second kappa shape index (κ2) is 4.96. The summed E-state index contributed by atoms with van der Waals surface area (Å²) < 4.78 is 0. The molecule has 1 aromatic heterocycles. The molecule has 1 saturated heterocycles. The summed E-state index contributed by atoms with van der Waals surface area (Å²) in [5.74, 6) is 1.15. The minimum Gasteiger partial charge on any atom is -0.356 e. The molecule has 88 valence electrons. The molecule has 0 bridgehead atoms. The molecule has 1 unspecified atom stereocenters. The fourth-order valence-electron chi connectivity index (χ4n) is 2.18. The summed E-state index contributed by atoms with van der Waals surface area (Å²) in [6.07, 6.45) is 3.61. The van der Waals surface area contributed by atoms with Gasteiger partial charge in [-0.15, -0.1) is 0 Å². The average molecular weight is 229 g/mol. The topological polar surface area (TPSA) is 57.0 Å². The minimum atomic E-state index is 0.108. The number of aromatic nitrogens is 1. The molecule has 2 rings (SSSR count). The molecule has 0 N–H and O–H groups in total. The summed E-state index contributed by atoms with van der Waals surface area (Å²) in [6, 6.07) is 5.58. The summed E-state index contributed by atoms with van der Waals surface area (Å²) in [4.78, 5) is 17.8. The fraction of sp³-hybridized carbons (Fsp3) is 0.462. The third-order valence-corrected chi connectivity index (χ3v) is 3.19. The van der Waals surface area contributed by atoms with Crippen molar-refractivity contribution in [1.29, 1.82) is 5.26 Å². The van der Waals surface area contributed by atoms with Crippen molar-refractivity contribution in [2.24, 2.45) is 5.92 Å². The molecular formula is C13H15N3O. The van der Waals surface area contributed by atoms with Crippen LogP contribution >= 0.6 is 0 Å². The van der Waals surface area contributed by atoms with Gasteiger partial charge in [0.1, 0.15) is 11.6 Å². The second-order valence-electron chi connectivity index (χ2n) is 4.41. The van der Waals surface area contributed by atoms with E-state index in [-0.39, 0.29) is 11.7 Å². The van der Waals surface area contributed by atoms with E-state index in [2.05, 4.69) is 16.0 Å². The first-order valence-electron chi connectivity index (χ1n) is 5.82. The molecule has 0 saturated carbocycles. The number of pyridine rings is 1. The SMILES string of the molecule is CC(=O)C1CCCN(c2cc(C#N)ccn2)C1. The van der Waals surface area contributed by atoms with E-state index in [4.69, 9.17) is 5.26 Å². The highest BCUT2D eigenvalue weighted by molar-refractivity contribution is 5.79. The molecule has 0 radical (unpaired) electrons. The number of piperidine rings is 1. The predicted molar refractivity (Wildman–Crippen MR) is 64.6 cm³/mol. The lowest BCUT2D eigenvalue weighted by molar-refractivity contribution is -0.120. The van der Waals surface area contributed by atoms with Crippen LogP contribution in [0.2, 0.25) is 0 Å². The zero-order chi connectivity index (χ0) is 12.3. The van der Waals surface area contributed by atoms with E-state index in [0.29, 0.717) is 5.56 Å². The summed E-state index contributed by atoms with van der Waals surface area (Å²) in [7, 11) is 0. The molecule has 4 nitrogen and oxygen atoms in total. The van der Waals surface area contributed by atoms with Crippen molar-refractivity contribution in [1.82, 2.24) is 4.98 Å². The third kappa shape index (κ3) is 2.62. The Morgan fingerprint density at radius 2 is 2.47 bits per heavy atom. The zero-order valence-electron chi connectivity index (χ0n) is 9.89.